The predicted molar refractivity (Wildman–Crippen MR) is 95.1 cm³/mol. The Labute approximate surface area is 151 Å². The van der Waals surface area contributed by atoms with E-state index < -0.39 is 15.4 Å². The maximum absolute atomic E-state index is 12.1. The lowest BCUT2D eigenvalue weighted by molar-refractivity contribution is 0.0240. The molecule has 1 aromatic rings. The zero-order chi connectivity index (χ0) is 18.1. The van der Waals surface area contributed by atoms with Crippen molar-refractivity contribution in [3.63, 3.8) is 0 Å². The number of rotatable bonds is 2. The highest BCUT2D eigenvalue weighted by Crippen LogP contribution is 2.23. The second kappa shape index (κ2) is 6.87. The first kappa shape index (κ1) is 19.0. The Morgan fingerprint density at radius 1 is 1.21 bits per heavy atom. The number of nitrogens with zero attached hydrogens (tertiary/aromatic N) is 3. The highest BCUT2D eigenvalue weighted by atomic mass is 79.9. The number of hydrogen-bond acceptors (Lipinski definition) is 6. The van der Waals surface area contributed by atoms with Crippen LogP contribution in [0.1, 0.15) is 20.8 Å². The molecular formula is C15H22BrN3O4S. The molecular weight excluding hydrogens is 398 g/mol. The summed E-state index contributed by atoms with van der Waals surface area (Å²) in [5, 5.41) is 0. The number of anilines is 1. The number of piperazine rings is 1. The van der Waals surface area contributed by atoms with Crippen molar-refractivity contribution in [1.82, 2.24) is 9.88 Å². The minimum atomic E-state index is -3.31. The lowest BCUT2D eigenvalue weighted by atomic mass is 10.2. The van der Waals surface area contributed by atoms with Crippen LogP contribution in [0.4, 0.5) is 10.6 Å². The van der Waals surface area contributed by atoms with Crippen LogP contribution in [-0.2, 0) is 14.6 Å². The number of sulfone groups is 1. The third-order valence-electron chi connectivity index (χ3n) is 3.44. The van der Waals surface area contributed by atoms with E-state index in [1.807, 2.05) is 25.7 Å². The first-order valence-corrected chi connectivity index (χ1v) is 10.2. The van der Waals surface area contributed by atoms with Crippen LogP contribution in [0.5, 0.6) is 0 Å². The molecule has 1 fully saturated rings. The molecule has 1 amide bonds. The average Bonchev–Trinajstić information content (AvgIpc) is 2.44. The van der Waals surface area contributed by atoms with Crippen molar-refractivity contribution in [2.24, 2.45) is 0 Å². The van der Waals surface area contributed by atoms with Gasteiger partial charge in [0, 0.05) is 32.4 Å². The molecule has 24 heavy (non-hydrogen) atoms. The SMILES string of the molecule is CC(C)(C)OC(=O)N1CCN(c2cc(S(C)(=O)=O)cc(Br)n2)CC1. The van der Waals surface area contributed by atoms with Gasteiger partial charge >= 0.3 is 6.09 Å². The Hall–Kier alpha value is -1.35. The summed E-state index contributed by atoms with van der Waals surface area (Å²) in [5.74, 6) is 0.577. The van der Waals surface area contributed by atoms with E-state index in [0.717, 1.165) is 0 Å². The maximum Gasteiger partial charge on any atom is 0.410 e. The predicted octanol–water partition coefficient (Wildman–Crippen LogP) is 2.30. The topological polar surface area (TPSA) is 79.8 Å². The first-order valence-electron chi connectivity index (χ1n) is 7.56. The molecule has 0 unspecified atom stereocenters. The Balaban J connectivity index is 2.08. The van der Waals surface area contributed by atoms with Crippen LogP contribution >= 0.6 is 15.9 Å². The van der Waals surface area contributed by atoms with Crippen molar-refractivity contribution < 1.29 is 17.9 Å². The summed E-state index contributed by atoms with van der Waals surface area (Å²) < 4.78 is 29.4. The maximum atomic E-state index is 12.1. The van der Waals surface area contributed by atoms with Gasteiger partial charge in [-0.05, 0) is 48.8 Å². The van der Waals surface area contributed by atoms with Gasteiger partial charge in [-0.25, -0.2) is 18.2 Å². The van der Waals surface area contributed by atoms with Gasteiger partial charge in [0.2, 0.25) is 0 Å². The van der Waals surface area contributed by atoms with Crippen molar-refractivity contribution in [1.29, 1.82) is 0 Å². The summed E-state index contributed by atoms with van der Waals surface area (Å²) in [6, 6.07) is 3.04. The lowest BCUT2D eigenvalue weighted by Crippen LogP contribution is -2.50. The third-order valence-corrected chi connectivity index (χ3v) is 4.94. The van der Waals surface area contributed by atoms with Gasteiger partial charge in [-0.2, -0.15) is 0 Å². The molecule has 7 nitrogen and oxygen atoms in total. The number of hydrogen-bond donors (Lipinski definition) is 0. The summed E-state index contributed by atoms with van der Waals surface area (Å²) in [4.78, 5) is 20.2. The normalized spacial score (nSPS) is 16.2. The zero-order valence-corrected chi connectivity index (χ0v) is 16.6. The van der Waals surface area contributed by atoms with Crippen molar-refractivity contribution >= 4 is 37.7 Å². The third kappa shape index (κ3) is 5.07. The fraction of sp³-hybridized carbons (Fsp3) is 0.600. The number of carbonyl (C=O) groups excluding carboxylic acids is 1. The van der Waals surface area contributed by atoms with Crippen molar-refractivity contribution in [3.8, 4) is 0 Å². The van der Waals surface area contributed by atoms with E-state index in [1.54, 1.807) is 11.0 Å². The second-order valence-corrected chi connectivity index (χ2v) is 9.54. The molecule has 0 spiro atoms. The van der Waals surface area contributed by atoms with E-state index in [9.17, 15) is 13.2 Å². The van der Waals surface area contributed by atoms with Gasteiger partial charge in [-0.15, -0.1) is 0 Å². The Bertz CT molecular complexity index is 723. The molecule has 0 atom stereocenters. The quantitative estimate of drug-likeness (QED) is 0.684. The minimum absolute atomic E-state index is 0.217. The molecule has 134 valence electrons. The summed E-state index contributed by atoms with van der Waals surface area (Å²) >= 11 is 3.25. The molecule has 1 aliphatic rings. The molecule has 1 aliphatic heterocycles. The monoisotopic (exact) mass is 419 g/mol. The van der Waals surface area contributed by atoms with Crippen LogP contribution in [0.3, 0.4) is 0 Å². The molecule has 1 aromatic heterocycles. The summed E-state index contributed by atoms with van der Waals surface area (Å²) in [5.41, 5.74) is -0.523. The van der Waals surface area contributed by atoms with Crippen LogP contribution in [0.2, 0.25) is 0 Å². The van der Waals surface area contributed by atoms with Gasteiger partial charge in [0.05, 0.1) is 4.90 Å². The number of amides is 1. The fourth-order valence-electron chi connectivity index (χ4n) is 2.28. The highest BCUT2D eigenvalue weighted by Gasteiger charge is 2.26. The van der Waals surface area contributed by atoms with Crippen LogP contribution < -0.4 is 4.90 Å². The molecule has 0 N–H and O–H groups in total. The van der Waals surface area contributed by atoms with Gasteiger partial charge in [0.25, 0.3) is 0 Å². The lowest BCUT2D eigenvalue weighted by Gasteiger charge is -2.36. The minimum Gasteiger partial charge on any atom is -0.444 e. The molecule has 1 saturated heterocycles. The molecule has 0 aromatic carbocycles. The summed E-state index contributed by atoms with van der Waals surface area (Å²) in [6.07, 6.45) is 0.833. The Morgan fingerprint density at radius 2 is 1.79 bits per heavy atom. The summed E-state index contributed by atoms with van der Waals surface area (Å²) in [7, 11) is -3.31. The number of aromatic nitrogens is 1. The fourth-order valence-corrected chi connectivity index (χ4v) is 3.51. The van der Waals surface area contributed by atoms with Gasteiger partial charge in [-0.1, -0.05) is 0 Å². The molecule has 2 rings (SSSR count). The van der Waals surface area contributed by atoms with E-state index in [0.29, 0.717) is 36.6 Å². The van der Waals surface area contributed by atoms with E-state index in [2.05, 4.69) is 20.9 Å². The standard InChI is InChI=1S/C15H22BrN3O4S/c1-15(2,3)23-14(20)19-7-5-18(6-8-19)13-10-11(24(4,21)22)9-12(16)17-13/h9-10H,5-8H2,1-4H3. The summed E-state index contributed by atoms with van der Waals surface area (Å²) in [6.45, 7) is 7.62. The van der Waals surface area contributed by atoms with Crippen LogP contribution in [-0.4, -0.2) is 62.4 Å². The molecule has 0 radical (unpaired) electrons. The van der Waals surface area contributed by atoms with Crippen molar-refractivity contribution in [3.05, 3.63) is 16.7 Å². The van der Waals surface area contributed by atoms with Gasteiger partial charge in [0.15, 0.2) is 9.84 Å². The first-order chi connectivity index (χ1) is 11.0. The smallest absolute Gasteiger partial charge is 0.410 e. The Kier molecular flexibility index (Phi) is 5.44. The van der Waals surface area contributed by atoms with Gasteiger partial charge in [-0.3, -0.25) is 0 Å². The van der Waals surface area contributed by atoms with Crippen LogP contribution in [0.15, 0.2) is 21.6 Å². The van der Waals surface area contributed by atoms with Crippen LogP contribution in [0.25, 0.3) is 0 Å². The molecule has 0 aliphatic carbocycles. The largest absolute Gasteiger partial charge is 0.444 e. The molecule has 2 heterocycles. The number of halogens is 1. The number of pyridine rings is 1. The molecule has 0 saturated carbocycles. The number of carbonyl (C=O) groups is 1. The van der Waals surface area contributed by atoms with E-state index >= 15 is 0 Å². The average molecular weight is 420 g/mol. The zero-order valence-electron chi connectivity index (χ0n) is 14.2. The molecule has 9 heteroatoms. The van der Waals surface area contributed by atoms with Gasteiger partial charge < -0.3 is 14.5 Å². The van der Waals surface area contributed by atoms with Crippen molar-refractivity contribution in [2.45, 2.75) is 31.3 Å². The van der Waals surface area contributed by atoms with Crippen LogP contribution in [0, 0.1) is 0 Å². The number of ether oxygens (including phenoxy) is 1. The van der Waals surface area contributed by atoms with E-state index in [4.69, 9.17) is 4.74 Å². The van der Waals surface area contributed by atoms with Crippen molar-refractivity contribution in [2.75, 3.05) is 37.3 Å². The molecule has 0 bridgehead atoms. The highest BCUT2D eigenvalue weighted by molar-refractivity contribution is 9.10. The van der Waals surface area contributed by atoms with E-state index in [-0.39, 0.29) is 11.0 Å². The second-order valence-electron chi connectivity index (χ2n) is 6.71. The Morgan fingerprint density at radius 3 is 2.29 bits per heavy atom. The van der Waals surface area contributed by atoms with Gasteiger partial charge in [0.1, 0.15) is 16.0 Å². The van der Waals surface area contributed by atoms with E-state index in [1.165, 1.54) is 12.3 Å².